The minimum Gasteiger partial charge on any atom is -0.310 e. The van der Waals surface area contributed by atoms with Gasteiger partial charge in [-0.1, -0.05) is 176 Å². The van der Waals surface area contributed by atoms with Crippen molar-refractivity contribution in [1.29, 1.82) is 0 Å². The number of benzene rings is 13. The SMILES string of the molecule is c1ccc(N(c2ccccc2)c2ccc3c(c2)c2ccccc2n3-c2ccc3nc(N(c4ccccc4)c4ccc5c6ccccc6n(-c6ccccc6)c5c4)nc(-n4c5ccccc5c5ccc(N(c6ccccc6)c6ccccc6)cc54)c3c2)cc1. The van der Waals surface area contributed by atoms with Crippen LogP contribution in [-0.4, -0.2) is 23.7 Å². The maximum atomic E-state index is 5.97. The van der Waals surface area contributed by atoms with Gasteiger partial charge in [0.05, 0.1) is 44.3 Å². The van der Waals surface area contributed by atoms with E-state index in [0.717, 1.165) is 134 Å². The third-order valence-corrected chi connectivity index (χ3v) is 17.1. The van der Waals surface area contributed by atoms with E-state index in [-0.39, 0.29) is 0 Å². The molecule has 0 atom stereocenters. The standard InChI is InChI=1S/C80H54N8/c1-7-25-55(26-8-1)83(56-27-9-2-10-28-56)61-46-50-76-70(51-61)67-39-21-23-41-74(67)87(76)62-45-49-72-71(52-62)79(88-75-42-24-20-38-66(75)69-47-43-63(53-78(69)88)84(57-29-11-3-12-30-57)58-31-13-4-14-32-58)82-80(81-72)85(59-33-15-5-16-34-59)64-44-48-68-65-37-19-22-40-73(65)86(77(68)54-64)60-35-17-6-18-36-60/h1-54H. The van der Waals surface area contributed by atoms with Gasteiger partial charge in [-0.2, -0.15) is 4.98 Å². The van der Waals surface area contributed by atoms with Gasteiger partial charge in [-0.15, -0.1) is 0 Å². The van der Waals surface area contributed by atoms with Crippen LogP contribution in [0.1, 0.15) is 0 Å². The zero-order chi connectivity index (χ0) is 58.1. The summed E-state index contributed by atoms with van der Waals surface area (Å²) in [5.41, 5.74) is 17.6. The Labute approximate surface area is 508 Å². The Hall–Kier alpha value is -12.0. The molecule has 0 saturated heterocycles. The number of hydrogen-bond acceptors (Lipinski definition) is 5. The van der Waals surface area contributed by atoms with Gasteiger partial charge in [0.2, 0.25) is 5.95 Å². The van der Waals surface area contributed by atoms with Crippen molar-refractivity contribution in [2.45, 2.75) is 0 Å². The summed E-state index contributed by atoms with van der Waals surface area (Å²) >= 11 is 0. The molecule has 0 spiro atoms. The van der Waals surface area contributed by atoms with Crippen molar-refractivity contribution in [3.63, 3.8) is 0 Å². The molecule has 0 aliphatic rings. The van der Waals surface area contributed by atoms with Crippen LogP contribution in [0.25, 0.3) is 93.5 Å². The third kappa shape index (κ3) is 8.37. The second-order valence-corrected chi connectivity index (χ2v) is 22.2. The van der Waals surface area contributed by atoms with Crippen LogP contribution in [0.3, 0.4) is 0 Å². The first-order chi connectivity index (χ1) is 43.7. The summed E-state index contributed by atoms with van der Waals surface area (Å²) < 4.78 is 7.15. The maximum Gasteiger partial charge on any atom is 0.237 e. The van der Waals surface area contributed by atoms with E-state index in [1.54, 1.807) is 0 Å². The number of para-hydroxylation sites is 9. The Morgan fingerprint density at radius 2 is 0.568 bits per heavy atom. The molecular weight excluding hydrogens is 1070 g/mol. The molecule has 4 heterocycles. The molecule has 17 aromatic rings. The number of rotatable bonds is 12. The topological polar surface area (TPSA) is 50.3 Å². The summed E-state index contributed by atoms with van der Waals surface area (Å²) in [4.78, 5) is 18.5. The number of hydrogen-bond donors (Lipinski definition) is 0. The summed E-state index contributed by atoms with van der Waals surface area (Å²) in [7, 11) is 0. The van der Waals surface area contributed by atoms with Crippen LogP contribution in [0.4, 0.5) is 51.4 Å². The highest BCUT2D eigenvalue weighted by molar-refractivity contribution is 6.14. The normalized spacial score (nSPS) is 11.6. The van der Waals surface area contributed by atoms with Crippen molar-refractivity contribution < 1.29 is 0 Å². The molecule has 414 valence electrons. The smallest absolute Gasteiger partial charge is 0.237 e. The van der Waals surface area contributed by atoms with Gasteiger partial charge in [0.1, 0.15) is 0 Å². The first-order valence-corrected chi connectivity index (χ1v) is 29.8. The quantitative estimate of drug-likeness (QED) is 0.122. The van der Waals surface area contributed by atoms with E-state index in [1.807, 2.05) is 0 Å². The van der Waals surface area contributed by atoms with Crippen LogP contribution >= 0.6 is 0 Å². The second-order valence-electron chi connectivity index (χ2n) is 22.2. The minimum absolute atomic E-state index is 0.534. The highest BCUT2D eigenvalue weighted by Crippen LogP contribution is 2.45. The van der Waals surface area contributed by atoms with E-state index >= 15 is 0 Å². The second kappa shape index (κ2) is 21.0. The molecule has 0 saturated carbocycles. The number of fused-ring (bicyclic) bond motifs is 10. The van der Waals surface area contributed by atoms with Gasteiger partial charge in [0, 0.05) is 88.9 Å². The molecule has 8 heteroatoms. The molecule has 0 amide bonds. The van der Waals surface area contributed by atoms with Crippen molar-refractivity contribution in [1.82, 2.24) is 23.7 Å². The molecule has 13 aromatic carbocycles. The van der Waals surface area contributed by atoms with Gasteiger partial charge in [0.15, 0.2) is 5.82 Å². The Balaban J connectivity index is 0.932. The molecule has 0 aliphatic heterocycles. The molecule has 0 aliphatic carbocycles. The number of anilines is 9. The summed E-state index contributed by atoms with van der Waals surface area (Å²) in [5.74, 6) is 1.28. The third-order valence-electron chi connectivity index (χ3n) is 17.1. The van der Waals surface area contributed by atoms with Crippen molar-refractivity contribution in [3.05, 3.63) is 328 Å². The fourth-order valence-electron chi connectivity index (χ4n) is 13.3. The van der Waals surface area contributed by atoms with Gasteiger partial charge in [0.25, 0.3) is 0 Å². The average molecular weight is 1130 g/mol. The Bertz CT molecular complexity index is 5370. The molecular formula is C80H54N8. The van der Waals surface area contributed by atoms with Gasteiger partial charge < -0.3 is 18.9 Å². The van der Waals surface area contributed by atoms with E-state index < -0.39 is 0 Å². The van der Waals surface area contributed by atoms with Crippen LogP contribution in [0.5, 0.6) is 0 Å². The highest BCUT2D eigenvalue weighted by atomic mass is 15.3. The lowest BCUT2D eigenvalue weighted by Gasteiger charge is -2.26. The Morgan fingerprint density at radius 1 is 0.205 bits per heavy atom. The number of nitrogens with zero attached hydrogens (tertiary/aromatic N) is 8. The molecule has 4 aromatic heterocycles. The van der Waals surface area contributed by atoms with Crippen LogP contribution in [0.15, 0.2) is 328 Å². The fraction of sp³-hybridized carbons (Fsp3) is 0. The van der Waals surface area contributed by atoms with E-state index in [4.69, 9.17) is 9.97 Å². The fourth-order valence-corrected chi connectivity index (χ4v) is 13.3. The summed E-state index contributed by atoms with van der Waals surface area (Å²) in [6.45, 7) is 0. The summed E-state index contributed by atoms with van der Waals surface area (Å²) in [6, 6.07) is 117. The Kier molecular flexibility index (Phi) is 12.0. The molecule has 0 unspecified atom stereocenters. The summed E-state index contributed by atoms with van der Waals surface area (Å²) in [5, 5.41) is 7.79. The molecule has 0 N–H and O–H groups in total. The van der Waals surface area contributed by atoms with Crippen LogP contribution in [0.2, 0.25) is 0 Å². The average Bonchev–Trinajstić information content (AvgIpc) is 1.79. The molecule has 88 heavy (non-hydrogen) atoms. The van der Waals surface area contributed by atoms with Crippen molar-refractivity contribution in [2.75, 3.05) is 14.7 Å². The lowest BCUT2D eigenvalue weighted by atomic mass is 10.1. The Morgan fingerprint density at radius 3 is 1.08 bits per heavy atom. The van der Waals surface area contributed by atoms with Crippen LogP contribution < -0.4 is 14.7 Å². The van der Waals surface area contributed by atoms with E-state index in [1.165, 1.54) is 5.39 Å². The van der Waals surface area contributed by atoms with Gasteiger partial charge in [-0.3, -0.25) is 9.47 Å². The van der Waals surface area contributed by atoms with Gasteiger partial charge in [-0.25, -0.2) is 4.98 Å². The van der Waals surface area contributed by atoms with E-state index in [0.29, 0.717) is 5.95 Å². The van der Waals surface area contributed by atoms with Crippen LogP contribution in [0, 0.1) is 0 Å². The molecule has 8 nitrogen and oxygen atoms in total. The zero-order valence-electron chi connectivity index (χ0n) is 47.8. The lowest BCUT2D eigenvalue weighted by molar-refractivity contribution is 1.03. The number of aromatic nitrogens is 5. The first-order valence-electron chi connectivity index (χ1n) is 29.8. The zero-order valence-corrected chi connectivity index (χ0v) is 47.8. The molecule has 0 radical (unpaired) electrons. The lowest BCUT2D eigenvalue weighted by Crippen LogP contribution is -2.15. The first kappa shape index (κ1) is 50.5. The molecule has 0 fully saturated rings. The van der Waals surface area contributed by atoms with E-state index in [9.17, 15) is 0 Å². The molecule has 17 rings (SSSR count). The van der Waals surface area contributed by atoms with Crippen molar-refractivity contribution in [2.24, 2.45) is 0 Å². The van der Waals surface area contributed by atoms with E-state index in [2.05, 4.69) is 356 Å². The predicted molar refractivity (Wildman–Crippen MR) is 367 cm³/mol. The summed E-state index contributed by atoms with van der Waals surface area (Å²) in [6.07, 6.45) is 0. The molecule has 0 bridgehead atoms. The van der Waals surface area contributed by atoms with Gasteiger partial charge in [-0.05, 0) is 152 Å². The van der Waals surface area contributed by atoms with Crippen LogP contribution in [-0.2, 0) is 0 Å². The largest absolute Gasteiger partial charge is 0.310 e. The minimum atomic E-state index is 0.534. The predicted octanol–water partition coefficient (Wildman–Crippen LogP) is 21.3. The maximum absolute atomic E-state index is 5.97. The van der Waals surface area contributed by atoms with Crippen molar-refractivity contribution >= 4 is 128 Å². The monoisotopic (exact) mass is 1130 g/mol. The van der Waals surface area contributed by atoms with Gasteiger partial charge >= 0.3 is 0 Å². The van der Waals surface area contributed by atoms with Crippen molar-refractivity contribution in [3.8, 4) is 17.2 Å². The highest BCUT2D eigenvalue weighted by Gasteiger charge is 2.26.